The second-order valence-corrected chi connectivity index (χ2v) is 4.48. The molecule has 1 aliphatic carbocycles. The van der Waals surface area contributed by atoms with Crippen LogP contribution in [-0.2, 0) is 5.41 Å². The molecular formula is C13H11F2N3. The summed E-state index contributed by atoms with van der Waals surface area (Å²) < 4.78 is 27.7. The standard InChI is InChI=1S/C13H11F2N3/c14-8-2-1-3-9(15)11(8)13(5-6-13)10-4-7-17-12(16)18-10/h1-4,7H,5-6H2,(H2,16,17,18). The van der Waals surface area contributed by atoms with E-state index in [0.717, 1.165) is 0 Å². The van der Waals surface area contributed by atoms with Crippen LogP contribution in [0, 0.1) is 11.6 Å². The molecule has 1 aliphatic rings. The summed E-state index contributed by atoms with van der Waals surface area (Å²) >= 11 is 0. The fourth-order valence-electron chi connectivity index (χ4n) is 2.35. The van der Waals surface area contributed by atoms with Gasteiger partial charge in [0.05, 0.1) is 5.69 Å². The summed E-state index contributed by atoms with van der Waals surface area (Å²) in [5, 5.41) is 0. The van der Waals surface area contributed by atoms with Gasteiger partial charge in [0.25, 0.3) is 0 Å². The fourth-order valence-corrected chi connectivity index (χ4v) is 2.35. The van der Waals surface area contributed by atoms with Gasteiger partial charge < -0.3 is 5.73 Å². The molecule has 0 unspecified atom stereocenters. The van der Waals surface area contributed by atoms with E-state index < -0.39 is 17.0 Å². The second kappa shape index (κ2) is 3.73. The Morgan fingerprint density at radius 3 is 2.33 bits per heavy atom. The number of nitrogens with zero attached hydrogens (tertiary/aromatic N) is 2. The monoisotopic (exact) mass is 247 g/mol. The highest BCUT2D eigenvalue weighted by molar-refractivity contribution is 5.44. The number of rotatable bonds is 2. The van der Waals surface area contributed by atoms with Gasteiger partial charge in [-0.1, -0.05) is 6.07 Å². The third-order valence-corrected chi connectivity index (χ3v) is 3.36. The van der Waals surface area contributed by atoms with Crippen molar-refractivity contribution in [2.24, 2.45) is 0 Å². The molecule has 1 saturated carbocycles. The number of hydrogen-bond donors (Lipinski definition) is 1. The maximum absolute atomic E-state index is 13.9. The van der Waals surface area contributed by atoms with Crippen LogP contribution in [0.25, 0.3) is 0 Å². The molecule has 1 aromatic carbocycles. The van der Waals surface area contributed by atoms with E-state index in [4.69, 9.17) is 5.73 Å². The Kier molecular flexibility index (Phi) is 2.29. The molecule has 2 aromatic rings. The molecule has 1 fully saturated rings. The molecule has 2 N–H and O–H groups in total. The Morgan fingerprint density at radius 1 is 1.11 bits per heavy atom. The molecule has 0 bridgehead atoms. The van der Waals surface area contributed by atoms with Crippen molar-refractivity contribution >= 4 is 5.95 Å². The molecule has 92 valence electrons. The number of nitrogen functional groups attached to an aromatic ring is 1. The van der Waals surface area contributed by atoms with Crippen LogP contribution in [0.4, 0.5) is 14.7 Å². The SMILES string of the molecule is Nc1nccc(C2(c3c(F)cccc3F)CC2)n1. The lowest BCUT2D eigenvalue weighted by Gasteiger charge is -2.16. The highest BCUT2D eigenvalue weighted by Gasteiger charge is 2.50. The molecule has 1 aromatic heterocycles. The first-order valence-electron chi connectivity index (χ1n) is 5.67. The van der Waals surface area contributed by atoms with Gasteiger partial charge in [-0.25, -0.2) is 18.7 Å². The lowest BCUT2D eigenvalue weighted by molar-refractivity contribution is 0.533. The minimum absolute atomic E-state index is 0.0862. The van der Waals surface area contributed by atoms with Crippen LogP contribution < -0.4 is 5.73 Å². The van der Waals surface area contributed by atoms with Crippen LogP contribution in [-0.4, -0.2) is 9.97 Å². The van der Waals surface area contributed by atoms with Gasteiger partial charge in [0.15, 0.2) is 0 Å². The number of aromatic nitrogens is 2. The Bertz CT molecular complexity index is 589. The molecular weight excluding hydrogens is 236 g/mol. The van der Waals surface area contributed by atoms with Gasteiger partial charge >= 0.3 is 0 Å². The van der Waals surface area contributed by atoms with E-state index in [1.165, 1.54) is 24.4 Å². The Labute approximate surface area is 103 Å². The van der Waals surface area contributed by atoms with Crippen molar-refractivity contribution in [1.29, 1.82) is 0 Å². The number of anilines is 1. The average Bonchev–Trinajstić information content (AvgIpc) is 3.10. The van der Waals surface area contributed by atoms with E-state index >= 15 is 0 Å². The highest BCUT2D eigenvalue weighted by Crippen LogP contribution is 2.54. The largest absolute Gasteiger partial charge is 0.368 e. The summed E-state index contributed by atoms with van der Waals surface area (Å²) in [6, 6.07) is 5.56. The maximum atomic E-state index is 13.9. The van der Waals surface area contributed by atoms with Crippen LogP contribution in [0.3, 0.4) is 0 Å². The van der Waals surface area contributed by atoms with Gasteiger partial charge in [0.1, 0.15) is 11.6 Å². The first-order valence-corrected chi connectivity index (χ1v) is 5.67. The van der Waals surface area contributed by atoms with Crippen LogP contribution in [0.1, 0.15) is 24.1 Å². The minimum Gasteiger partial charge on any atom is -0.368 e. The molecule has 5 heteroatoms. The molecule has 0 spiro atoms. The van der Waals surface area contributed by atoms with Crippen molar-refractivity contribution in [2.45, 2.75) is 18.3 Å². The van der Waals surface area contributed by atoms with Crippen LogP contribution >= 0.6 is 0 Å². The third-order valence-electron chi connectivity index (χ3n) is 3.36. The summed E-state index contributed by atoms with van der Waals surface area (Å²) in [5.74, 6) is -0.954. The van der Waals surface area contributed by atoms with E-state index in [1.807, 2.05) is 0 Å². The maximum Gasteiger partial charge on any atom is 0.220 e. The van der Waals surface area contributed by atoms with Gasteiger partial charge in [-0.15, -0.1) is 0 Å². The van der Waals surface area contributed by atoms with Crippen LogP contribution in [0.5, 0.6) is 0 Å². The van der Waals surface area contributed by atoms with Gasteiger partial charge in [-0.3, -0.25) is 0 Å². The lowest BCUT2D eigenvalue weighted by Crippen LogP contribution is -2.16. The quantitative estimate of drug-likeness (QED) is 0.886. The van der Waals surface area contributed by atoms with Gasteiger partial charge in [-0.05, 0) is 31.0 Å². The number of nitrogens with two attached hydrogens (primary N) is 1. The second-order valence-electron chi connectivity index (χ2n) is 4.48. The summed E-state index contributed by atoms with van der Waals surface area (Å²) in [4.78, 5) is 7.90. The van der Waals surface area contributed by atoms with Crippen molar-refractivity contribution in [3.05, 3.63) is 53.4 Å². The predicted molar refractivity (Wildman–Crippen MR) is 62.8 cm³/mol. The lowest BCUT2D eigenvalue weighted by atomic mass is 9.91. The van der Waals surface area contributed by atoms with Crippen molar-refractivity contribution < 1.29 is 8.78 Å². The van der Waals surface area contributed by atoms with E-state index in [2.05, 4.69) is 9.97 Å². The zero-order valence-corrected chi connectivity index (χ0v) is 9.53. The van der Waals surface area contributed by atoms with Gasteiger partial charge in [0, 0.05) is 17.2 Å². The predicted octanol–water partition coefficient (Wildman–Crippen LogP) is 2.42. The Hall–Kier alpha value is -2.04. The van der Waals surface area contributed by atoms with Crippen LogP contribution in [0.2, 0.25) is 0 Å². The molecule has 0 atom stereocenters. The van der Waals surface area contributed by atoms with Crippen molar-refractivity contribution in [1.82, 2.24) is 9.97 Å². The van der Waals surface area contributed by atoms with Crippen molar-refractivity contribution in [2.75, 3.05) is 5.73 Å². The van der Waals surface area contributed by atoms with E-state index in [1.54, 1.807) is 6.07 Å². The molecule has 0 radical (unpaired) electrons. The topological polar surface area (TPSA) is 51.8 Å². The van der Waals surface area contributed by atoms with Crippen molar-refractivity contribution in [3.63, 3.8) is 0 Å². The molecule has 3 rings (SSSR count). The highest BCUT2D eigenvalue weighted by atomic mass is 19.1. The smallest absolute Gasteiger partial charge is 0.220 e. The summed E-state index contributed by atoms with van der Waals surface area (Å²) in [5.41, 5.74) is 5.52. The molecule has 0 saturated heterocycles. The first-order chi connectivity index (χ1) is 8.63. The molecule has 1 heterocycles. The number of benzene rings is 1. The zero-order valence-electron chi connectivity index (χ0n) is 9.53. The molecule has 3 nitrogen and oxygen atoms in total. The van der Waals surface area contributed by atoms with Crippen LogP contribution in [0.15, 0.2) is 30.5 Å². The van der Waals surface area contributed by atoms with E-state index in [9.17, 15) is 8.78 Å². The molecule has 0 amide bonds. The third kappa shape index (κ3) is 1.54. The minimum atomic E-state index is -0.674. The fraction of sp³-hybridized carbons (Fsp3) is 0.231. The van der Waals surface area contributed by atoms with Gasteiger partial charge in [-0.2, -0.15) is 0 Å². The molecule has 0 aliphatic heterocycles. The Balaban J connectivity index is 2.16. The normalized spacial score (nSPS) is 16.6. The Morgan fingerprint density at radius 2 is 1.78 bits per heavy atom. The van der Waals surface area contributed by atoms with Gasteiger partial charge in [0.2, 0.25) is 5.95 Å². The first kappa shape index (κ1) is 11.1. The zero-order chi connectivity index (χ0) is 12.8. The average molecular weight is 247 g/mol. The number of hydrogen-bond acceptors (Lipinski definition) is 3. The van der Waals surface area contributed by atoms with E-state index in [-0.39, 0.29) is 11.5 Å². The van der Waals surface area contributed by atoms with Crippen molar-refractivity contribution in [3.8, 4) is 0 Å². The summed E-state index contributed by atoms with van der Waals surface area (Å²) in [6.45, 7) is 0. The van der Waals surface area contributed by atoms with E-state index in [0.29, 0.717) is 18.5 Å². The number of halogens is 2. The summed E-state index contributed by atoms with van der Waals surface area (Å²) in [7, 11) is 0. The summed E-state index contributed by atoms with van der Waals surface area (Å²) in [6.07, 6.45) is 2.85. The molecule has 18 heavy (non-hydrogen) atoms.